The maximum absolute atomic E-state index is 9.10. The van der Waals surface area contributed by atoms with Crippen molar-refractivity contribution in [1.82, 2.24) is 9.55 Å². The largest absolute Gasteiger partial charge is 0.473 e. The number of aliphatic carboxylic acids is 2. The second-order valence-corrected chi connectivity index (χ2v) is 6.04. The maximum Gasteiger partial charge on any atom is 0.414 e. The number of imidazole rings is 1. The maximum atomic E-state index is 9.10. The van der Waals surface area contributed by atoms with Gasteiger partial charge in [-0.1, -0.05) is 30.3 Å². The topological polar surface area (TPSA) is 123 Å². The van der Waals surface area contributed by atoms with E-state index >= 15 is 0 Å². The summed E-state index contributed by atoms with van der Waals surface area (Å²) in [4.78, 5) is 22.7. The van der Waals surface area contributed by atoms with Crippen molar-refractivity contribution >= 4 is 17.9 Å². The van der Waals surface area contributed by atoms with Crippen LogP contribution < -0.4 is 14.8 Å². The fourth-order valence-electron chi connectivity index (χ4n) is 2.67. The lowest BCUT2D eigenvalue weighted by atomic mass is 10.1. The standard InChI is InChI=1S/C18H17N3O2.C2H2O4/c1-21-15(14-7-8-16-17(9-14)23-12-22-16)11-20-18(21)19-10-13-5-3-2-4-6-13;3-1(4)2(5)6/h2-9,11H,10,12H2,1H3,(H,19,20);(H,3,4)(H,5,6). The first-order valence-corrected chi connectivity index (χ1v) is 8.61. The van der Waals surface area contributed by atoms with Crippen LogP contribution in [-0.4, -0.2) is 38.5 Å². The molecule has 9 nitrogen and oxygen atoms in total. The van der Waals surface area contributed by atoms with Crippen molar-refractivity contribution < 1.29 is 29.3 Å². The number of rotatable bonds is 4. The summed E-state index contributed by atoms with van der Waals surface area (Å²) in [6.07, 6.45) is 1.87. The number of hydrogen-bond donors (Lipinski definition) is 3. The number of hydrogen-bond acceptors (Lipinski definition) is 6. The highest BCUT2D eigenvalue weighted by Crippen LogP contribution is 2.36. The van der Waals surface area contributed by atoms with E-state index in [2.05, 4.69) is 22.4 Å². The molecule has 0 spiro atoms. The SMILES string of the molecule is Cn1c(-c2ccc3c(c2)OCO3)cnc1NCc1ccccc1.O=C(O)C(=O)O. The lowest BCUT2D eigenvalue weighted by molar-refractivity contribution is -0.159. The number of benzene rings is 2. The van der Waals surface area contributed by atoms with Crippen LogP contribution in [0.5, 0.6) is 11.5 Å². The molecule has 0 fully saturated rings. The summed E-state index contributed by atoms with van der Waals surface area (Å²) in [5, 5.41) is 18.2. The summed E-state index contributed by atoms with van der Waals surface area (Å²) in [5.74, 6) is -1.24. The van der Waals surface area contributed by atoms with E-state index in [1.165, 1.54) is 5.56 Å². The molecule has 1 aromatic heterocycles. The number of aromatic nitrogens is 2. The highest BCUT2D eigenvalue weighted by atomic mass is 16.7. The number of carbonyl (C=O) groups is 2. The van der Waals surface area contributed by atoms with Crippen LogP contribution >= 0.6 is 0 Å². The fraction of sp³-hybridized carbons (Fsp3) is 0.150. The highest BCUT2D eigenvalue weighted by Gasteiger charge is 2.16. The Balaban J connectivity index is 0.000000353. The van der Waals surface area contributed by atoms with Crippen molar-refractivity contribution in [2.24, 2.45) is 7.05 Å². The van der Waals surface area contributed by atoms with Gasteiger partial charge in [0.1, 0.15) is 0 Å². The average Bonchev–Trinajstić information content (AvgIpc) is 3.33. The van der Waals surface area contributed by atoms with Gasteiger partial charge in [-0.2, -0.15) is 0 Å². The summed E-state index contributed by atoms with van der Waals surface area (Å²) < 4.78 is 12.8. The van der Waals surface area contributed by atoms with Crippen molar-refractivity contribution in [3.63, 3.8) is 0 Å². The molecular formula is C20H19N3O6. The van der Waals surface area contributed by atoms with Gasteiger partial charge in [-0.15, -0.1) is 0 Å². The first-order chi connectivity index (χ1) is 14.0. The molecule has 0 aliphatic carbocycles. The number of nitrogens with zero attached hydrogens (tertiary/aromatic N) is 2. The Bertz CT molecular complexity index is 1000. The quantitative estimate of drug-likeness (QED) is 0.574. The van der Waals surface area contributed by atoms with Crippen LogP contribution in [-0.2, 0) is 23.2 Å². The molecule has 1 aliphatic rings. The Morgan fingerprint density at radius 3 is 2.45 bits per heavy atom. The third-order valence-corrected chi connectivity index (χ3v) is 4.13. The third-order valence-electron chi connectivity index (χ3n) is 4.13. The molecule has 150 valence electrons. The number of ether oxygens (including phenoxy) is 2. The van der Waals surface area contributed by atoms with Crippen molar-refractivity contribution in [3.05, 3.63) is 60.3 Å². The first kappa shape index (κ1) is 19.7. The molecule has 1 aliphatic heterocycles. The third kappa shape index (κ3) is 4.83. The summed E-state index contributed by atoms with van der Waals surface area (Å²) in [6.45, 7) is 1.03. The summed E-state index contributed by atoms with van der Waals surface area (Å²) in [5.41, 5.74) is 3.30. The van der Waals surface area contributed by atoms with E-state index < -0.39 is 11.9 Å². The summed E-state index contributed by atoms with van der Waals surface area (Å²) in [6, 6.07) is 16.2. The van der Waals surface area contributed by atoms with Crippen molar-refractivity contribution in [1.29, 1.82) is 0 Å². The second kappa shape index (κ2) is 8.79. The monoisotopic (exact) mass is 397 g/mol. The Kier molecular flexibility index (Phi) is 5.98. The smallest absolute Gasteiger partial charge is 0.414 e. The first-order valence-electron chi connectivity index (χ1n) is 8.61. The van der Waals surface area contributed by atoms with E-state index in [9.17, 15) is 0 Å². The summed E-state index contributed by atoms with van der Waals surface area (Å²) >= 11 is 0. The Hall–Kier alpha value is -4.01. The van der Waals surface area contributed by atoms with Crippen molar-refractivity contribution in [2.75, 3.05) is 12.1 Å². The van der Waals surface area contributed by atoms with E-state index in [1.807, 2.05) is 54.2 Å². The molecule has 0 bridgehead atoms. The zero-order valence-corrected chi connectivity index (χ0v) is 15.5. The van der Waals surface area contributed by atoms with E-state index in [1.54, 1.807) is 0 Å². The molecule has 2 heterocycles. The van der Waals surface area contributed by atoms with Gasteiger partial charge >= 0.3 is 11.9 Å². The van der Waals surface area contributed by atoms with Crippen molar-refractivity contribution in [2.45, 2.75) is 6.54 Å². The van der Waals surface area contributed by atoms with Gasteiger partial charge in [0.2, 0.25) is 12.7 Å². The second-order valence-electron chi connectivity index (χ2n) is 6.04. The molecule has 0 saturated heterocycles. The van der Waals surface area contributed by atoms with Crippen molar-refractivity contribution in [3.8, 4) is 22.8 Å². The summed E-state index contributed by atoms with van der Waals surface area (Å²) in [7, 11) is 2.00. The van der Waals surface area contributed by atoms with Gasteiger partial charge in [0.15, 0.2) is 11.5 Å². The minimum absolute atomic E-state index is 0.286. The lowest BCUT2D eigenvalue weighted by Crippen LogP contribution is -2.09. The van der Waals surface area contributed by atoms with Crippen LogP contribution in [0.4, 0.5) is 5.95 Å². The normalized spacial score (nSPS) is 11.3. The van der Waals surface area contributed by atoms with Crippen LogP contribution in [0.25, 0.3) is 11.3 Å². The molecule has 2 aromatic carbocycles. The van der Waals surface area contributed by atoms with Gasteiger partial charge in [0.05, 0.1) is 11.9 Å². The molecule has 4 rings (SSSR count). The number of nitrogens with one attached hydrogen (secondary N) is 1. The number of fused-ring (bicyclic) bond motifs is 1. The fourth-order valence-corrected chi connectivity index (χ4v) is 2.67. The van der Waals surface area contributed by atoms with Crippen LogP contribution in [0.1, 0.15) is 5.56 Å². The van der Waals surface area contributed by atoms with E-state index in [4.69, 9.17) is 29.3 Å². The molecule has 0 atom stereocenters. The molecule has 0 radical (unpaired) electrons. The van der Waals surface area contributed by atoms with Crippen LogP contribution in [0.15, 0.2) is 54.7 Å². The van der Waals surface area contributed by atoms with Gasteiger partial charge in [-0.25, -0.2) is 14.6 Å². The predicted octanol–water partition coefficient (Wildman–Crippen LogP) is 2.58. The van der Waals surface area contributed by atoms with Gasteiger partial charge in [0, 0.05) is 19.2 Å². The molecule has 9 heteroatoms. The average molecular weight is 397 g/mol. The van der Waals surface area contributed by atoms with Crippen LogP contribution in [0.3, 0.4) is 0 Å². The van der Waals surface area contributed by atoms with Gasteiger partial charge in [-0.05, 0) is 23.8 Å². The van der Waals surface area contributed by atoms with E-state index in [-0.39, 0.29) is 6.79 Å². The zero-order valence-electron chi connectivity index (χ0n) is 15.5. The molecule has 3 N–H and O–H groups in total. The van der Waals surface area contributed by atoms with Crippen LogP contribution in [0, 0.1) is 0 Å². The Morgan fingerprint density at radius 2 is 1.76 bits per heavy atom. The molecule has 0 saturated carbocycles. The minimum Gasteiger partial charge on any atom is -0.473 e. The molecule has 0 unspecified atom stereocenters. The van der Waals surface area contributed by atoms with Gasteiger partial charge in [0.25, 0.3) is 0 Å². The predicted molar refractivity (Wildman–Crippen MR) is 104 cm³/mol. The van der Waals surface area contributed by atoms with Crippen LogP contribution in [0.2, 0.25) is 0 Å². The molecule has 29 heavy (non-hydrogen) atoms. The molecular weight excluding hydrogens is 378 g/mol. The Morgan fingerprint density at radius 1 is 1.07 bits per heavy atom. The van der Waals surface area contributed by atoms with E-state index in [0.717, 1.165) is 35.2 Å². The zero-order chi connectivity index (χ0) is 20.8. The Labute approximate surface area is 166 Å². The lowest BCUT2D eigenvalue weighted by Gasteiger charge is -2.09. The number of carboxylic acid groups (broad SMARTS) is 2. The molecule has 3 aromatic rings. The van der Waals surface area contributed by atoms with E-state index in [0.29, 0.717) is 0 Å². The van der Waals surface area contributed by atoms with Gasteiger partial charge in [-0.3, -0.25) is 0 Å². The highest BCUT2D eigenvalue weighted by molar-refractivity contribution is 6.27. The minimum atomic E-state index is -1.82. The van der Waals surface area contributed by atoms with Gasteiger partial charge < -0.3 is 29.6 Å². The number of anilines is 1. The molecule has 0 amide bonds. The number of carboxylic acids is 2.